The molecule has 0 amide bonds. The van der Waals surface area contributed by atoms with Crippen molar-refractivity contribution in [3.63, 3.8) is 0 Å². The molecule has 2 fully saturated rings. The molecule has 6 heteroatoms. The van der Waals surface area contributed by atoms with E-state index in [1.54, 1.807) is 4.31 Å². The first kappa shape index (κ1) is 16.2. The summed E-state index contributed by atoms with van der Waals surface area (Å²) in [5.41, 5.74) is 0. The molecule has 20 heavy (non-hydrogen) atoms. The van der Waals surface area contributed by atoms with Crippen LogP contribution in [0.4, 0.5) is 0 Å². The lowest BCUT2D eigenvalue weighted by atomic mass is 9.97. The summed E-state index contributed by atoms with van der Waals surface area (Å²) >= 11 is 0. The van der Waals surface area contributed by atoms with Gasteiger partial charge in [-0.1, -0.05) is 6.42 Å². The molecule has 0 aromatic heterocycles. The number of rotatable bonds is 6. The predicted molar refractivity (Wildman–Crippen MR) is 80.0 cm³/mol. The summed E-state index contributed by atoms with van der Waals surface area (Å²) in [6, 6.07) is 0.372. The normalized spacial score (nSPS) is 29.4. The van der Waals surface area contributed by atoms with Gasteiger partial charge in [-0.05, 0) is 51.0 Å². The van der Waals surface area contributed by atoms with E-state index in [2.05, 4.69) is 5.32 Å². The van der Waals surface area contributed by atoms with Gasteiger partial charge >= 0.3 is 0 Å². The number of hydrogen-bond acceptors (Lipinski definition) is 4. The minimum atomic E-state index is -3.12. The largest absolute Gasteiger partial charge is 0.396 e. The lowest BCUT2D eigenvalue weighted by Crippen LogP contribution is -2.43. The van der Waals surface area contributed by atoms with E-state index < -0.39 is 10.0 Å². The Kier molecular flexibility index (Phi) is 6.26. The van der Waals surface area contributed by atoms with Crippen LogP contribution in [0.2, 0.25) is 0 Å². The fourth-order valence-corrected chi connectivity index (χ4v) is 4.97. The zero-order chi connectivity index (χ0) is 14.4. The third kappa shape index (κ3) is 4.69. The molecular formula is C14H28N2O3S. The maximum atomic E-state index is 12.4. The minimum Gasteiger partial charge on any atom is -0.396 e. The summed E-state index contributed by atoms with van der Waals surface area (Å²) in [6.45, 7) is 2.43. The molecule has 2 saturated heterocycles. The molecule has 2 atom stereocenters. The molecule has 5 nitrogen and oxygen atoms in total. The van der Waals surface area contributed by atoms with Crippen molar-refractivity contribution in [2.45, 2.75) is 51.0 Å². The molecule has 2 rings (SSSR count). The third-order valence-electron chi connectivity index (χ3n) is 4.55. The molecule has 2 aliphatic rings. The molecule has 2 heterocycles. The Labute approximate surface area is 122 Å². The average Bonchev–Trinajstić information content (AvgIpc) is 2.47. The molecule has 0 spiro atoms. The van der Waals surface area contributed by atoms with Gasteiger partial charge < -0.3 is 10.4 Å². The molecular weight excluding hydrogens is 276 g/mol. The van der Waals surface area contributed by atoms with Crippen molar-refractivity contribution >= 4 is 10.0 Å². The van der Waals surface area contributed by atoms with Gasteiger partial charge in [-0.25, -0.2) is 12.7 Å². The molecule has 0 aliphatic carbocycles. The van der Waals surface area contributed by atoms with Crippen LogP contribution in [0.25, 0.3) is 0 Å². The van der Waals surface area contributed by atoms with E-state index in [-0.39, 0.29) is 12.4 Å². The Morgan fingerprint density at radius 2 is 2.00 bits per heavy atom. The molecule has 2 unspecified atom stereocenters. The van der Waals surface area contributed by atoms with Crippen LogP contribution in [-0.4, -0.2) is 55.9 Å². The summed E-state index contributed by atoms with van der Waals surface area (Å²) in [5, 5.41) is 12.4. The van der Waals surface area contributed by atoms with Crippen molar-refractivity contribution in [2.75, 3.05) is 32.0 Å². The van der Waals surface area contributed by atoms with Gasteiger partial charge in [0.1, 0.15) is 0 Å². The van der Waals surface area contributed by atoms with Crippen LogP contribution in [0, 0.1) is 5.92 Å². The maximum Gasteiger partial charge on any atom is 0.214 e. The molecule has 118 valence electrons. The Bertz CT molecular complexity index is 378. The monoisotopic (exact) mass is 304 g/mol. The number of sulfonamides is 1. The van der Waals surface area contributed by atoms with Gasteiger partial charge in [0, 0.05) is 25.7 Å². The molecule has 0 radical (unpaired) electrons. The first-order valence-corrected chi connectivity index (χ1v) is 9.55. The van der Waals surface area contributed by atoms with Crippen molar-refractivity contribution < 1.29 is 13.5 Å². The topological polar surface area (TPSA) is 69.6 Å². The summed E-state index contributed by atoms with van der Waals surface area (Å²) in [5.74, 6) is 0.590. The number of hydrogen-bond donors (Lipinski definition) is 2. The Hall–Kier alpha value is -0.170. The highest BCUT2D eigenvalue weighted by Gasteiger charge is 2.29. The molecule has 0 bridgehead atoms. The number of nitrogens with zero attached hydrogens (tertiary/aromatic N) is 1. The Morgan fingerprint density at radius 1 is 1.15 bits per heavy atom. The van der Waals surface area contributed by atoms with E-state index in [0.717, 1.165) is 38.6 Å². The second-order valence-corrected chi connectivity index (χ2v) is 8.22. The standard InChI is InChI=1S/C14H28N2O3S/c17-10-6-13-4-3-9-16(12-13)20(18,19)11-7-14-5-1-2-8-15-14/h13-15,17H,1-12H2. The van der Waals surface area contributed by atoms with Crippen molar-refractivity contribution in [3.05, 3.63) is 0 Å². The van der Waals surface area contributed by atoms with E-state index in [9.17, 15) is 8.42 Å². The molecule has 0 aromatic rings. The van der Waals surface area contributed by atoms with E-state index >= 15 is 0 Å². The number of aliphatic hydroxyl groups is 1. The predicted octanol–water partition coefficient (Wildman–Crippen LogP) is 0.943. The van der Waals surface area contributed by atoms with Crippen LogP contribution in [0.3, 0.4) is 0 Å². The lowest BCUT2D eigenvalue weighted by Gasteiger charge is -2.32. The first-order valence-electron chi connectivity index (χ1n) is 7.94. The van der Waals surface area contributed by atoms with Crippen molar-refractivity contribution in [1.29, 1.82) is 0 Å². The van der Waals surface area contributed by atoms with Crippen molar-refractivity contribution in [2.24, 2.45) is 5.92 Å². The molecule has 2 aliphatic heterocycles. The first-order chi connectivity index (χ1) is 9.62. The van der Waals surface area contributed by atoms with Gasteiger partial charge in [-0.3, -0.25) is 0 Å². The van der Waals surface area contributed by atoms with Crippen molar-refractivity contribution in [3.8, 4) is 0 Å². The minimum absolute atomic E-state index is 0.157. The van der Waals surface area contributed by atoms with Gasteiger partial charge in [-0.15, -0.1) is 0 Å². The van der Waals surface area contributed by atoms with Crippen LogP contribution in [0.15, 0.2) is 0 Å². The van der Waals surface area contributed by atoms with Gasteiger partial charge in [0.05, 0.1) is 5.75 Å². The van der Waals surface area contributed by atoms with Crippen LogP contribution in [-0.2, 0) is 10.0 Å². The Balaban J connectivity index is 1.82. The average molecular weight is 304 g/mol. The summed E-state index contributed by atoms with van der Waals surface area (Å²) in [7, 11) is -3.12. The number of aliphatic hydroxyl groups excluding tert-OH is 1. The fraction of sp³-hybridized carbons (Fsp3) is 1.00. The van der Waals surface area contributed by atoms with Gasteiger partial charge in [0.15, 0.2) is 0 Å². The molecule has 0 aromatic carbocycles. The van der Waals surface area contributed by atoms with E-state index in [4.69, 9.17) is 5.11 Å². The Morgan fingerprint density at radius 3 is 2.70 bits per heavy atom. The zero-order valence-electron chi connectivity index (χ0n) is 12.3. The summed E-state index contributed by atoms with van der Waals surface area (Å²) in [4.78, 5) is 0. The second kappa shape index (κ2) is 7.73. The number of piperidine rings is 2. The lowest BCUT2D eigenvalue weighted by molar-refractivity contribution is 0.202. The summed E-state index contributed by atoms with van der Waals surface area (Å²) < 4.78 is 26.5. The van der Waals surface area contributed by atoms with E-state index in [1.165, 1.54) is 12.8 Å². The highest BCUT2D eigenvalue weighted by atomic mass is 32.2. The van der Waals surface area contributed by atoms with E-state index in [1.807, 2.05) is 0 Å². The number of nitrogens with one attached hydrogen (secondary N) is 1. The van der Waals surface area contributed by atoms with Crippen LogP contribution >= 0.6 is 0 Å². The van der Waals surface area contributed by atoms with Crippen LogP contribution in [0.5, 0.6) is 0 Å². The van der Waals surface area contributed by atoms with Gasteiger partial charge in [0.2, 0.25) is 10.0 Å². The smallest absolute Gasteiger partial charge is 0.214 e. The fourth-order valence-electron chi connectivity index (χ4n) is 3.29. The molecule has 0 saturated carbocycles. The highest BCUT2D eigenvalue weighted by molar-refractivity contribution is 7.89. The highest BCUT2D eigenvalue weighted by Crippen LogP contribution is 2.22. The zero-order valence-corrected chi connectivity index (χ0v) is 13.1. The van der Waals surface area contributed by atoms with E-state index in [0.29, 0.717) is 25.0 Å². The quantitative estimate of drug-likeness (QED) is 0.766. The molecule has 2 N–H and O–H groups in total. The third-order valence-corrected chi connectivity index (χ3v) is 6.42. The summed E-state index contributed by atoms with van der Waals surface area (Å²) in [6.07, 6.45) is 6.92. The second-order valence-electron chi connectivity index (χ2n) is 6.13. The van der Waals surface area contributed by atoms with Crippen molar-refractivity contribution in [1.82, 2.24) is 9.62 Å². The van der Waals surface area contributed by atoms with Crippen LogP contribution in [0.1, 0.15) is 44.9 Å². The van der Waals surface area contributed by atoms with Crippen LogP contribution < -0.4 is 5.32 Å². The maximum absolute atomic E-state index is 12.4. The van der Waals surface area contributed by atoms with Gasteiger partial charge in [-0.2, -0.15) is 0 Å². The van der Waals surface area contributed by atoms with Gasteiger partial charge in [0.25, 0.3) is 0 Å². The SMILES string of the molecule is O=S(=O)(CCC1CCCCN1)N1CCCC(CCO)C1.